The number of nitrogens with zero attached hydrogens (tertiary/aromatic N) is 4. The van der Waals surface area contributed by atoms with Crippen LogP contribution in [0.5, 0.6) is 0 Å². The zero-order valence-electron chi connectivity index (χ0n) is 17.8. The molecule has 0 saturated carbocycles. The predicted octanol–water partition coefficient (Wildman–Crippen LogP) is 5.68. The Morgan fingerprint density at radius 1 is 1.06 bits per heavy atom. The van der Waals surface area contributed by atoms with Crippen molar-refractivity contribution in [3.8, 4) is 11.1 Å². The van der Waals surface area contributed by atoms with E-state index in [1.807, 2.05) is 49.6 Å². The molecule has 0 amide bonds. The van der Waals surface area contributed by atoms with Crippen molar-refractivity contribution in [2.45, 2.75) is 39.0 Å². The van der Waals surface area contributed by atoms with Crippen molar-refractivity contribution in [2.24, 2.45) is 0 Å². The average molecular weight is 417 g/mol. The van der Waals surface area contributed by atoms with E-state index in [1.165, 1.54) is 0 Å². The Labute approximate surface area is 181 Å². The van der Waals surface area contributed by atoms with Crippen molar-refractivity contribution in [1.82, 2.24) is 15.0 Å². The quantitative estimate of drug-likeness (QED) is 0.428. The lowest BCUT2D eigenvalue weighted by Crippen LogP contribution is -2.34. The number of oxazole rings is 1. The Hall–Kier alpha value is -3.28. The fourth-order valence-corrected chi connectivity index (χ4v) is 4.16. The van der Waals surface area contributed by atoms with Gasteiger partial charge < -0.3 is 9.32 Å². The van der Waals surface area contributed by atoms with Crippen molar-refractivity contribution >= 4 is 17.0 Å². The molecule has 1 saturated heterocycles. The molecule has 2 aromatic heterocycles. The van der Waals surface area contributed by atoms with Crippen LogP contribution in [0, 0.1) is 12.7 Å². The summed E-state index contributed by atoms with van der Waals surface area (Å²) in [5, 5.41) is 0. The molecule has 5 rings (SSSR count). The molecule has 0 atom stereocenters. The van der Waals surface area contributed by atoms with Crippen molar-refractivity contribution in [2.75, 3.05) is 18.0 Å². The first-order chi connectivity index (χ1) is 15.1. The number of fused-ring (bicyclic) bond motifs is 1. The van der Waals surface area contributed by atoms with Crippen LogP contribution >= 0.6 is 0 Å². The lowest BCUT2D eigenvalue weighted by atomic mass is 9.97. The number of aromatic nitrogens is 3. The summed E-state index contributed by atoms with van der Waals surface area (Å²) in [6, 6.07) is 11.0. The first-order valence-corrected chi connectivity index (χ1v) is 10.8. The van der Waals surface area contributed by atoms with Gasteiger partial charge in [-0.25, -0.2) is 19.3 Å². The maximum absolute atomic E-state index is 14.4. The normalized spacial score (nSPS) is 15.0. The van der Waals surface area contributed by atoms with E-state index in [9.17, 15) is 4.39 Å². The number of piperidine rings is 1. The molecule has 0 unspecified atom stereocenters. The molecule has 1 fully saturated rings. The number of anilines is 1. The lowest BCUT2D eigenvalue weighted by Gasteiger charge is -2.30. The van der Waals surface area contributed by atoms with Crippen LogP contribution in [0.15, 0.2) is 53.2 Å². The van der Waals surface area contributed by atoms with Crippen LogP contribution in [0.4, 0.5) is 10.3 Å². The maximum Gasteiger partial charge on any atom is 0.225 e. The number of benzene rings is 2. The molecule has 0 aliphatic carbocycles. The molecule has 6 heteroatoms. The van der Waals surface area contributed by atoms with Gasteiger partial charge in [0.25, 0.3) is 0 Å². The molecule has 0 radical (unpaired) electrons. The van der Waals surface area contributed by atoms with Gasteiger partial charge in [0, 0.05) is 37.0 Å². The first kappa shape index (κ1) is 19.7. The van der Waals surface area contributed by atoms with Crippen molar-refractivity contribution in [1.29, 1.82) is 0 Å². The summed E-state index contributed by atoms with van der Waals surface area (Å²) in [4.78, 5) is 16.0. The van der Waals surface area contributed by atoms with Gasteiger partial charge >= 0.3 is 0 Å². The van der Waals surface area contributed by atoms with E-state index in [0.717, 1.165) is 72.0 Å². The van der Waals surface area contributed by atoms with Gasteiger partial charge in [-0.1, -0.05) is 25.1 Å². The van der Waals surface area contributed by atoms with Gasteiger partial charge in [0.15, 0.2) is 11.5 Å². The molecule has 4 aromatic rings. The van der Waals surface area contributed by atoms with Gasteiger partial charge in [-0.2, -0.15) is 0 Å². The highest BCUT2D eigenvalue weighted by Crippen LogP contribution is 2.33. The van der Waals surface area contributed by atoms with E-state index >= 15 is 0 Å². The molecule has 0 spiro atoms. The summed E-state index contributed by atoms with van der Waals surface area (Å²) in [5.74, 6) is 1.60. The van der Waals surface area contributed by atoms with E-state index in [2.05, 4.69) is 21.8 Å². The molecule has 0 bridgehead atoms. The Balaban J connectivity index is 1.33. The minimum atomic E-state index is -0.218. The summed E-state index contributed by atoms with van der Waals surface area (Å²) in [5.41, 5.74) is 4.96. The molecule has 158 valence electrons. The van der Waals surface area contributed by atoms with Gasteiger partial charge in [-0.05, 0) is 61.1 Å². The maximum atomic E-state index is 14.4. The van der Waals surface area contributed by atoms with Gasteiger partial charge in [-0.3, -0.25) is 0 Å². The van der Waals surface area contributed by atoms with E-state index < -0.39 is 0 Å². The van der Waals surface area contributed by atoms with Crippen LogP contribution in [-0.2, 0) is 6.42 Å². The van der Waals surface area contributed by atoms with E-state index in [-0.39, 0.29) is 11.7 Å². The van der Waals surface area contributed by atoms with Crippen LogP contribution in [-0.4, -0.2) is 28.0 Å². The second-order valence-electron chi connectivity index (χ2n) is 8.22. The standard InChI is InChI=1S/C25H25FN4O/c1-3-17-14-27-25(28-15-17)30-10-8-18(9-11-30)24-29-22-13-19(5-7-23(22)31-24)20-6-4-16(2)12-21(20)26/h4-7,12-15,18H,3,8-11H2,1-2H3. The number of aryl methyl sites for hydroxylation is 2. The Morgan fingerprint density at radius 2 is 1.84 bits per heavy atom. The van der Waals surface area contributed by atoms with Crippen LogP contribution in [0.1, 0.15) is 42.7 Å². The third kappa shape index (κ3) is 3.90. The highest BCUT2D eigenvalue weighted by Gasteiger charge is 2.26. The van der Waals surface area contributed by atoms with Crippen molar-refractivity contribution in [3.05, 3.63) is 71.6 Å². The Morgan fingerprint density at radius 3 is 2.55 bits per heavy atom. The van der Waals surface area contributed by atoms with Gasteiger partial charge in [0.1, 0.15) is 11.3 Å². The smallest absolute Gasteiger partial charge is 0.225 e. The number of rotatable bonds is 4. The average Bonchev–Trinajstić information content (AvgIpc) is 3.23. The summed E-state index contributed by atoms with van der Waals surface area (Å²) in [6.07, 6.45) is 6.63. The molecule has 1 aliphatic rings. The molecule has 5 nitrogen and oxygen atoms in total. The highest BCUT2D eigenvalue weighted by atomic mass is 19.1. The van der Waals surface area contributed by atoms with Crippen LogP contribution < -0.4 is 4.90 Å². The van der Waals surface area contributed by atoms with Crippen LogP contribution in [0.3, 0.4) is 0 Å². The molecule has 2 aromatic carbocycles. The van der Waals surface area contributed by atoms with Crippen molar-refractivity contribution < 1.29 is 8.81 Å². The predicted molar refractivity (Wildman–Crippen MR) is 120 cm³/mol. The number of hydrogen-bond acceptors (Lipinski definition) is 5. The zero-order valence-corrected chi connectivity index (χ0v) is 17.8. The number of hydrogen-bond donors (Lipinski definition) is 0. The zero-order chi connectivity index (χ0) is 21.4. The van der Waals surface area contributed by atoms with E-state index in [4.69, 9.17) is 9.40 Å². The molecule has 0 N–H and O–H groups in total. The first-order valence-electron chi connectivity index (χ1n) is 10.8. The van der Waals surface area contributed by atoms with Crippen LogP contribution in [0.25, 0.3) is 22.2 Å². The fraction of sp³-hybridized carbons (Fsp3) is 0.320. The molecular formula is C25H25FN4O. The Kier molecular flexibility index (Phi) is 5.14. The molecule has 3 heterocycles. The summed E-state index contributed by atoms with van der Waals surface area (Å²) in [6.45, 7) is 5.73. The van der Waals surface area contributed by atoms with Gasteiger partial charge in [0.2, 0.25) is 5.95 Å². The van der Waals surface area contributed by atoms with E-state index in [0.29, 0.717) is 5.56 Å². The molecule has 1 aliphatic heterocycles. The summed E-state index contributed by atoms with van der Waals surface area (Å²) in [7, 11) is 0. The third-order valence-corrected chi connectivity index (χ3v) is 6.07. The molecular weight excluding hydrogens is 391 g/mol. The topological polar surface area (TPSA) is 55.1 Å². The number of halogens is 1. The minimum Gasteiger partial charge on any atom is -0.440 e. The van der Waals surface area contributed by atoms with Gasteiger partial charge in [0.05, 0.1) is 0 Å². The van der Waals surface area contributed by atoms with Gasteiger partial charge in [-0.15, -0.1) is 0 Å². The summed E-state index contributed by atoms with van der Waals surface area (Å²) < 4.78 is 20.5. The summed E-state index contributed by atoms with van der Waals surface area (Å²) >= 11 is 0. The minimum absolute atomic E-state index is 0.218. The fourth-order valence-electron chi connectivity index (χ4n) is 4.16. The third-order valence-electron chi connectivity index (χ3n) is 6.07. The SMILES string of the molecule is CCc1cnc(N2CCC(c3nc4cc(-c5ccc(C)cc5F)ccc4o3)CC2)nc1. The van der Waals surface area contributed by atoms with Crippen LogP contribution in [0.2, 0.25) is 0 Å². The largest absolute Gasteiger partial charge is 0.440 e. The second kappa shape index (κ2) is 8.10. The van der Waals surface area contributed by atoms with E-state index in [1.54, 1.807) is 6.07 Å². The second-order valence-corrected chi connectivity index (χ2v) is 8.22. The van der Waals surface area contributed by atoms with Crippen molar-refractivity contribution in [3.63, 3.8) is 0 Å². The monoisotopic (exact) mass is 416 g/mol. The molecule has 31 heavy (non-hydrogen) atoms. The Bertz CT molecular complexity index is 1210. The highest BCUT2D eigenvalue weighted by molar-refractivity contribution is 5.80. The lowest BCUT2D eigenvalue weighted by molar-refractivity contribution is 0.405.